The number of hydrogen-bond acceptors (Lipinski definition) is 6. The van der Waals surface area contributed by atoms with E-state index in [-0.39, 0.29) is 23.3 Å². The van der Waals surface area contributed by atoms with E-state index in [4.69, 9.17) is 5.26 Å². The van der Waals surface area contributed by atoms with Crippen LogP contribution in [0.4, 0.5) is 17.3 Å². The lowest BCUT2D eigenvalue weighted by atomic mass is 10.1. The molecule has 7 heteroatoms. The highest BCUT2D eigenvalue weighted by Crippen LogP contribution is 2.16. The van der Waals surface area contributed by atoms with Crippen LogP contribution >= 0.6 is 0 Å². The molecule has 0 atom stereocenters. The van der Waals surface area contributed by atoms with E-state index >= 15 is 0 Å². The lowest BCUT2D eigenvalue weighted by Crippen LogP contribution is -2.15. The van der Waals surface area contributed by atoms with Gasteiger partial charge in [0, 0.05) is 22.6 Å². The molecule has 2 N–H and O–H groups in total. The van der Waals surface area contributed by atoms with Crippen LogP contribution in [0, 0.1) is 18.3 Å². The maximum absolute atomic E-state index is 12.5. The number of carbonyl (C=O) groups excluding carboxylic acids is 2. The van der Waals surface area contributed by atoms with Crippen molar-refractivity contribution in [2.45, 2.75) is 13.8 Å². The van der Waals surface area contributed by atoms with Gasteiger partial charge in [0.1, 0.15) is 5.69 Å². The number of hydrogen-bond donors (Lipinski definition) is 2. The van der Waals surface area contributed by atoms with Gasteiger partial charge in [-0.2, -0.15) is 5.26 Å². The van der Waals surface area contributed by atoms with Crippen LogP contribution in [0.2, 0.25) is 0 Å². The Hall–Kier alpha value is -4.05. The number of nitriles is 1. The lowest BCUT2D eigenvalue weighted by molar-refractivity contribution is 0.101. The summed E-state index contributed by atoms with van der Waals surface area (Å²) in [6, 6.07) is 17.1. The molecule has 138 valence electrons. The quantitative estimate of drug-likeness (QED) is 0.660. The molecular formula is C21H17N5O2. The Bertz CT molecular complexity index is 1070. The Labute approximate surface area is 162 Å². The molecule has 28 heavy (non-hydrogen) atoms. The van der Waals surface area contributed by atoms with Crippen molar-refractivity contribution in [2.24, 2.45) is 0 Å². The van der Waals surface area contributed by atoms with Crippen molar-refractivity contribution >= 4 is 29.0 Å². The Morgan fingerprint density at radius 1 is 0.964 bits per heavy atom. The van der Waals surface area contributed by atoms with Gasteiger partial charge < -0.3 is 10.6 Å². The lowest BCUT2D eigenvalue weighted by Gasteiger charge is -2.09. The van der Waals surface area contributed by atoms with Gasteiger partial charge >= 0.3 is 0 Å². The Balaban J connectivity index is 1.77. The van der Waals surface area contributed by atoms with Crippen LogP contribution in [-0.2, 0) is 0 Å². The average molecular weight is 371 g/mol. The van der Waals surface area contributed by atoms with Gasteiger partial charge in [-0.1, -0.05) is 0 Å². The van der Waals surface area contributed by atoms with Gasteiger partial charge in [-0.25, -0.2) is 9.97 Å². The largest absolute Gasteiger partial charge is 0.324 e. The van der Waals surface area contributed by atoms with E-state index < -0.39 is 0 Å². The van der Waals surface area contributed by atoms with E-state index in [0.717, 1.165) is 0 Å². The minimum Gasteiger partial charge on any atom is -0.324 e. The number of anilines is 3. The van der Waals surface area contributed by atoms with E-state index in [9.17, 15) is 9.59 Å². The van der Waals surface area contributed by atoms with E-state index in [1.165, 1.54) is 6.92 Å². The van der Waals surface area contributed by atoms with Crippen LogP contribution in [-0.4, -0.2) is 21.7 Å². The van der Waals surface area contributed by atoms with Crippen LogP contribution in [0.5, 0.6) is 0 Å². The molecule has 0 radical (unpaired) electrons. The fraction of sp³-hybridized carbons (Fsp3) is 0.0952. The molecule has 2 aromatic carbocycles. The highest BCUT2D eigenvalue weighted by Gasteiger charge is 2.11. The fourth-order valence-corrected chi connectivity index (χ4v) is 2.48. The zero-order chi connectivity index (χ0) is 20.1. The van der Waals surface area contributed by atoms with Crippen molar-refractivity contribution < 1.29 is 9.59 Å². The molecule has 7 nitrogen and oxygen atoms in total. The number of carbonyl (C=O) groups is 2. The van der Waals surface area contributed by atoms with E-state index in [0.29, 0.717) is 28.2 Å². The van der Waals surface area contributed by atoms with Crippen molar-refractivity contribution in [3.8, 4) is 6.07 Å². The third-order valence-electron chi connectivity index (χ3n) is 3.91. The van der Waals surface area contributed by atoms with Gasteiger partial charge in [-0.05, 0) is 68.4 Å². The van der Waals surface area contributed by atoms with Gasteiger partial charge in [0.05, 0.1) is 11.6 Å². The van der Waals surface area contributed by atoms with Crippen LogP contribution < -0.4 is 10.6 Å². The second-order valence-electron chi connectivity index (χ2n) is 6.12. The van der Waals surface area contributed by atoms with Gasteiger partial charge in [0.25, 0.3) is 5.91 Å². The summed E-state index contributed by atoms with van der Waals surface area (Å²) in [6.45, 7) is 3.27. The molecule has 0 aliphatic carbocycles. The van der Waals surface area contributed by atoms with Gasteiger partial charge in [-0.15, -0.1) is 0 Å². The third-order valence-corrected chi connectivity index (χ3v) is 3.91. The van der Waals surface area contributed by atoms with Gasteiger partial charge in [0.15, 0.2) is 5.78 Å². The van der Waals surface area contributed by atoms with E-state index in [1.54, 1.807) is 61.5 Å². The first-order valence-corrected chi connectivity index (χ1v) is 8.50. The van der Waals surface area contributed by atoms with E-state index in [1.807, 2.05) is 6.07 Å². The molecule has 1 amide bonds. The molecule has 0 spiro atoms. The number of benzene rings is 2. The second kappa shape index (κ2) is 8.10. The smallest absolute Gasteiger partial charge is 0.274 e. The molecule has 0 aliphatic rings. The standard InChI is InChI=1S/C21H17N5O2/c1-13-11-19(20(28)24-17-7-3-15(12-22)4-8-17)26-21(23-13)25-18-9-5-16(6-10-18)14(2)27/h3-11H,1-2H3,(H,24,28)(H,23,25,26). The number of ketones is 1. The predicted octanol–water partition coefficient (Wildman–Crippen LogP) is 3.86. The fourth-order valence-electron chi connectivity index (χ4n) is 2.48. The minimum atomic E-state index is -0.384. The monoisotopic (exact) mass is 371 g/mol. The van der Waals surface area contributed by atoms with Crippen LogP contribution in [0.3, 0.4) is 0 Å². The molecule has 1 aromatic heterocycles. The first-order valence-electron chi connectivity index (χ1n) is 8.50. The summed E-state index contributed by atoms with van der Waals surface area (Å²) < 4.78 is 0. The maximum atomic E-state index is 12.5. The van der Waals surface area contributed by atoms with Crippen molar-refractivity contribution in [1.82, 2.24) is 9.97 Å². The first-order chi connectivity index (χ1) is 13.4. The van der Waals surface area contributed by atoms with Crippen molar-refractivity contribution in [1.29, 1.82) is 5.26 Å². The first kappa shape index (κ1) is 18.7. The summed E-state index contributed by atoms with van der Waals surface area (Å²) in [5, 5.41) is 14.6. The normalized spacial score (nSPS) is 10.0. The number of amides is 1. The van der Waals surface area contributed by atoms with Crippen LogP contribution in [0.1, 0.15) is 39.0 Å². The van der Waals surface area contributed by atoms with Crippen LogP contribution in [0.15, 0.2) is 54.6 Å². The molecule has 3 aromatic rings. The Morgan fingerprint density at radius 2 is 1.61 bits per heavy atom. The topological polar surface area (TPSA) is 108 Å². The number of Topliss-reactive ketones (excluding diaryl/α,β-unsaturated/α-hetero) is 1. The van der Waals surface area contributed by atoms with Crippen molar-refractivity contribution in [2.75, 3.05) is 10.6 Å². The molecule has 0 unspecified atom stereocenters. The number of aryl methyl sites for hydroxylation is 1. The number of aromatic nitrogens is 2. The summed E-state index contributed by atoms with van der Waals surface area (Å²) in [5.41, 5.74) is 3.22. The molecule has 0 fully saturated rings. The van der Waals surface area contributed by atoms with Crippen molar-refractivity contribution in [3.05, 3.63) is 77.1 Å². The third kappa shape index (κ3) is 4.56. The Kier molecular flexibility index (Phi) is 5.42. The number of nitrogens with zero attached hydrogens (tertiary/aromatic N) is 3. The minimum absolute atomic E-state index is 0.0138. The molecule has 0 aliphatic heterocycles. The SMILES string of the molecule is CC(=O)c1ccc(Nc2nc(C)cc(C(=O)Nc3ccc(C#N)cc3)n2)cc1. The highest BCUT2D eigenvalue weighted by atomic mass is 16.2. The zero-order valence-electron chi connectivity index (χ0n) is 15.4. The summed E-state index contributed by atoms with van der Waals surface area (Å²) in [5.74, 6) is -0.120. The predicted molar refractivity (Wildman–Crippen MR) is 106 cm³/mol. The van der Waals surface area contributed by atoms with E-state index in [2.05, 4.69) is 20.6 Å². The zero-order valence-corrected chi connectivity index (χ0v) is 15.4. The summed E-state index contributed by atoms with van der Waals surface area (Å²) in [7, 11) is 0. The maximum Gasteiger partial charge on any atom is 0.274 e. The second-order valence-corrected chi connectivity index (χ2v) is 6.12. The molecule has 0 saturated carbocycles. The summed E-state index contributed by atoms with van der Waals surface area (Å²) >= 11 is 0. The molecule has 0 saturated heterocycles. The average Bonchev–Trinajstić information content (AvgIpc) is 2.68. The van der Waals surface area contributed by atoms with Gasteiger partial charge in [0.2, 0.25) is 5.95 Å². The van der Waals surface area contributed by atoms with Gasteiger partial charge in [-0.3, -0.25) is 9.59 Å². The number of nitrogens with one attached hydrogen (secondary N) is 2. The molecule has 1 heterocycles. The molecular weight excluding hydrogens is 354 g/mol. The summed E-state index contributed by atoms with van der Waals surface area (Å²) in [6.07, 6.45) is 0. The molecule has 3 rings (SSSR count). The molecule has 0 bridgehead atoms. The highest BCUT2D eigenvalue weighted by molar-refractivity contribution is 6.03. The summed E-state index contributed by atoms with van der Waals surface area (Å²) in [4.78, 5) is 32.4. The van der Waals surface area contributed by atoms with Crippen LogP contribution in [0.25, 0.3) is 0 Å². The Morgan fingerprint density at radius 3 is 2.21 bits per heavy atom. The number of rotatable bonds is 5. The van der Waals surface area contributed by atoms with Crippen molar-refractivity contribution in [3.63, 3.8) is 0 Å².